The average molecular weight is 115 g/mol. The van der Waals surface area contributed by atoms with E-state index >= 15 is 0 Å². The first-order valence-electron chi connectivity index (χ1n) is 2.69. The highest BCUT2D eigenvalue weighted by atomic mass is 16.5. The van der Waals surface area contributed by atoms with Crippen molar-refractivity contribution in [1.82, 2.24) is 5.32 Å². The van der Waals surface area contributed by atoms with Crippen molar-refractivity contribution in [2.45, 2.75) is 13.0 Å². The van der Waals surface area contributed by atoms with Gasteiger partial charge in [0.15, 0.2) is 0 Å². The largest absolute Gasteiger partial charge is 0.460 e. The van der Waals surface area contributed by atoms with Crippen LogP contribution in [0.15, 0.2) is 0 Å². The van der Waals surface area contributed by atoms with Crippen LogP contribution in [0.2, 0.25) is 0 Å². The van der Waals surface area contributed by atoms with E-state index in [1.54, 1.807) is 0 Å². The van der Waals surface area contributed by atoms with Gasteiger partial charge in [0.05, 0.1) is 6.54 Å². The maximum Gasteiger partial charge on any atom is 0.320 e. The van der Waals surface area contributed by atoms with Gasteiger partial charge in [-0.3, -0.25) is 4.79 Å². The fourth-order valence-electron chi connectivity index (χ4n) is 0.685. The predicted octanol–water partition coefficient (Wildman–Crippen LogP) is -0.479. The van der Waals surface area contributed by atoms with Crippen LogP contribution in [-0.2, 0) is 9.53 Å². The molecule has 1 heterocycles. The lowest BCUT2D eigenvalue weighted by atomic mass is 10.3. The molecule has 3 heteroatoms. The van der Waals surface area contributed by atoms with Crippen molar-refractivity contribution >= 4 is 5.97 Å². The Bertz CT molecular complexity index is 103. The maximum atomic E-state index is 10.4. The van der Waals surface area contributed by atoms with Gasteiger partial charge in [-0.2, -0.15) is 0 Å². The van der Waals surface area contributed by atoms with Crippen molar-refractivity contribution in [1.29, 1.82) is 0 Å². The molecule has 0 unspecified atom stereocenters. The zero-order valence-electron chi connectivity index (χ0n) is 4.81. The van der Waals surface area contributed by atoms with E-state index in [4.69, 9.17) is 4.74 Å². The molecule has 0 aromatic rings. The summed E-state index contributed by atoms with van der Waals surface area (Å²) in [6.07, 6.45) is 0.0521. The van der Waals surface area contributed by atoms with Crippen molar-refractivity contribution in [3.8, 4) is 0 Å². The second-order valence-corrected chi connectivity index (χ2v) is 1.93. The Morgan fingerprint density at radius 2 is 2.62 bits per heavy atom. The molecule has 0 saturated carbocycles. The number of nitrogens with one attached hydrogen (secondary N) is 1. The Morgan fingerprint density at radius 3 is 3.00 bits per heavy atom. The van der Waals surface area contributed by atoms with E-state index in [2.05, 4.69) is 5.32 Å². The van der Waals surface area contributed by atoms with Gasteiger partial charge in [0.25, 0.3) is 0 Å². The zero-order chi connectivity index (χ0) is 5.98. The van der Waals surface area contributed by atoms with Gasteiger partial charge < -0.3 is 10.1 Å². The molecule has 0 bridgehead atoms. The molecule has 3 nitrogen and oxygen atoms in total. The molecular formula is C5H9NO2. The number of cyclic esters (lactones) is 1. The number of ether oxygens (including phenoxy) is 1. The second-order valence-electron chi connectivity index (χ2n) is 1.93. The van der Waals surface area contributed by atoms with Crippen molar-refractivity contribution in [2.24, 2.45) is 0 Å². The van der Waals surface area contributed by atoms with Crippen molar-refractivity contribution in [2.75, 3.05) is 13.1 Å². The summed E-state index contributed by atoms with van der Waals surface area (Å²) in [6, 6.07) is 0. The Labute approximate surface area is 48.0 Å². The lowest BCUT2D eigenvalue weighted by molar-refractivity contribution is -0.150. The molecule has 0 radical (unpaired) electrons. The summed E-state index contributed by atoms with van der Waals surface area (Å²) in [5.74, 6) is -0.149. The van der Waals surface area contributed by atoms with E-state index in [0.29, 0.717) is 6.54 Å². The molecular weight excluding hydrogens is 106 g/mol. The van der Waals surface area contributed by atoms with Gasteiger partial charge >= 0.3 is 5.97 Å². The molecule has 0 amide bonds. The first-order valence-corrected chi connectivity index (χ1v) is 2.69. The number of rotatable bonds is 0. The van der Waals surface area contributed by atoms with Crippen LogP contribution in [0.5, 0.6) is 0 Å². The van der Waals surface area contributed by atoms with Gasteiger partial charge in [0, 0.05) is 6.54 Å². The Kier molecular flexibility index (Phi) is 1.48. The van der Waals surface area contributed by atoms with E-state index in [0.717, 1.165) is 6.54 Å². The summed E-state index contributed by atoms with van der Waals surface area (Å²) in [5.41, 5.74) is 0. The van der Waals surface area contributed by atoms with Gasteiger partial charge in [-0.15, -0.1) is 0 Å². The summed E-state index contributed by atoms with van der Waals surface area (Å²) in [5, 5.41) is 2.91. The molecule has 46 valence electrons. The minimum atomic E-state index is -0.149. The van der Waals surface area contributed by atoms with E-state index in [1.165, 1.54) is 0 Å². The number of hydrogen-bond acceptors (Lipinski definition) is 3. The second kappa shape index (κ2) is 2.13. The standard InChI is InChI=1S/C5H9NO2/c1-4-2-6-3-5(7)8-4/h4,6H,2-3H2,1H3/t4-/m1/s1. The van der Waals surface area contributed by atoms with Crippen molar-refractivity contribution in [3.05, 3.63) is 0 Å². The Morgan fingerprint density at radius 1 is 1.88 bits per heavy atom. The van der Waals surface area contributed by atoms with Crippen LogP contribution in [0.1, 0.15) is 6.92 Å². The van der Waals surface area contributed by atoms with Crippen molar-refractivity contribution < 1.29 is 9.53 Å². The van der Waals surface area contributed by atoms with Crippen LogP contribution in [0.25, 0.3) is 0 Å². The Hall–Kier alpha value is -0.570. The van der Waals surface area contributed by atoms with E-state index < -0.39 is 0 Å². The molecule has 0 aliphatic carbocycles. The van der Waals surface area contributed by atoms with Gasteiger partial charge in [0.2, 0.25) is 0 Å². The SMILES string of the molecule is C[C@@H]1CNCC(=O)O1. The molecule has 0 aromatic carbocycles. The van der Waals surface area contributed by atoms with Crippen LogP contribution in [0.3, 0.4) is 0 Å². The highest BCUT2D eigenvalue weighted by molar-refractivity contribution is 5.72. The highest BCUT2D eigenvalue weighted by Gasteiger charge is 2.13. The minimum absolute atomic E-state index is 0.0521. The fourth-order valence-corrected chi connectivity index (χ4v) is 0.685. The molecule has 1 N–H and O–H groups in total. The highest BCUT2D eigenvalue weighted by Crippen LogP contribution is 1.93. The summed E-state index contributed by atoms with van der Waals surface area (Å²) >= 11 is 0. The first kappa shape index (κ1) is 5.56. The molecule has 1 aliphatic rings. The molecule has 1 rings (SSSR count). The summed E-state index contributed by atoms with van der Waals surface area (Å²) in [4.78, 5) is 10.4. The minimum Gasteiger partial charge on any atom is -0.460 e. The molecule has 1 atom stereocenters. The normalized spacial score (nSPS) is 29.6. The number of carbonyl (C=O) groups excluding carboxylic acids is 1. The van der Waals surface area contributed by atoms with Gasteiger partial charge in [0.1, 0.15) is 6.10 Å². The van der Waals surface area contributed by atoms with Crippen LogP contribution in [0.4, 0.5) is 0 Å². The summed E-state index contributed by atoms with van der Waals surface area (Å²) in [6.45, 7) is 3.01. The number of hydrogen-bond donors (Lipinski definition) is 1. The number of morpholine rings is 1. The fraction of sp³-hybridized carbons (Fsp3) is 0.800. The van der Waals surface area contributed by atoms with Crippen LogP contribution < -0.4 is 5.32 Å². The van der Waals surface area contributed by atoms with Crippen LogP contribution in [-0.4, -0.2) is 25.2 Å². The number of carbonyl (C=O) groups is 1. The zero-order valence-corrected chi connectivity index (χ0v) is 4.81. The van der Waals surface area contributed by atoms with Gasteiger partial charge in [-0.25, -0.2) is 0 Å². The molecule has 8 heavy (non-hydrogen) atoms. The van der Waals surface area contributed by atoms with Gasteiger partial charge in [-0.1, -0.05) is 0 Å². The first-order chi connectivity index (χ1) is 3.79. The Balaban J connectivity index is 2.34. The van der Waals surface area contributed by atoms with Crippen LogP contribution in [0, 0.1) is 0 Å². The summed E-state index contributed by atoms with van der Waals surface area (Å²) < 4.78 is 4.78. The van der Waals surface area contributed by atoms with Crippen LogP contribution >= 0.6 is 0 Å². The molecule has 1 saturated heterocycles. The third-order valence-corrected chi connectivity index (χ3v) is 1.03. The number of esters is 1. The third kappa shape index (κ3) is 1.20. The molecule has 0 spiro atoms. The average Bonchev–Trinajstić information content (AvgIpc) is 1.64. The van der Waals surface area contributed by atoms with E-state index in [-0.39, 0.29) is 12.1 Å². The lowest BCUT2D eigenvalue weighted by Gasteiger charge is -2.18. The smallest absolute Gasteiger partial charge is 0.320 e. The maximum absolute atomic E-state index is 10.4. The predicted molar refractivity (Wildman–Crippen MR) is 28.4 cm³/mol. The topological polar surface area (TPSA) is 38.3 Å². The quantitative estimate of drug-likeness (QED) is 0.433. The molecule has 1 aliphatic heterocycles. The monoisotopic (exact) mass is 115 g/mol. The molecule has 1 fully saturated rings. The third-order valence-electron chi connectivity index (χ3n) is 1.03. The van der Waals surface area contributed by atoms with E-state index in [9.17, 15) is 4.79 Å². The van der Waals surface area contributed by atoms with Gasteiger partial charge in [-0.05, 0) is 6.92 Å². The van der Waals surface area contributed by atoms with Crippen molar-refractivity contribution in [3.63, 3.8) is 0 Å². The lowest BCUT2D eigenvalue weighted by Crippen LogP contribution is -2.40. The molecule has 0 aromatic heterocycles. The van der Waals surface area contributed by atoms with E-state index in [1.807, 2.05) is 6.92 Å². The summed E-state index contributed by atoms with van der Waals surface area (Å²) in [7, 11) is 0.